The van der Waals surface area contributed by atoms with Crippen LogP contribution in [-0.2, 0) is 0 Å². The third kappa shape index (κ3) is 4.63. The van der Waals surface area contributed by atoms with Crippen molar-refractivity contribution in [1.82, 2.24) is 24.8 Å². The van der Waals surface area contributed by atoms with E-state index < -0.39 is 17.4 Å². The standard InChI is InChI=1S/C21H20BrF2N7OS/c1-11-7-12-14(26-11)8-13(23)19(18(12)24)32-20-27-16(28-21-25-10-15(22)33-21)9-17(29-20)31-5-3-30(2)4-6-31/h7-10,26H,3-6H2,1-2H3,(H,25,27,28,29). The van der Waals surface area contributed by atoms with Crippen LogP contribution in [0.3, 0.4) is 0 Å². The van der Waals surface area contributed by atoms with Gasteiger partial charge in [-0.05, 0) is 36.0 Å². The van der Waals surface area contributed by atoms with Gasteiger partial charge in [-0.3, -0.25) is 0 Å². The van der Waals surface area contributed by atoms with Gasteiger partial charge in [0.1, 0.15) is 11.6 Å². The molecule has 0 amide bonds. The minimum atomic E-state index is -0.839. The number of H-pyrrole nitrogens is 1. The lowest BCUT2D eigenvalue weighted by atomic mass is 10.2. The summed E-state index contributed by atoms with van der Waals surface area (Å²) in [5.41, 5.74) is 1.08. The highest BCUT2D eigenvalue weighted by atomic mass is 79.9. The van der Waals surface area contributed by atoms with Crippen LogP contribution in [-0.4, -0.2) is 58.1 Å². The molecule has 0 bridgehead atoms. The average molecular weight is 536 g/mol. The quantitative estimate of drug-likeness (QED) is 0.370. The van der Waals surface area contributed by atoms with Crippen molar-refractivity contribution in [3.8, 4) is 11.8 Å². The number of halogens is 3. The fraction of sp³-hybridized carbons (Fsp3) is 0.286. The maximum Gasteiger partial charge on any atom is 0.326 e. The number of nitrogens with one attached hydrogen (secondary N) is 2. The molecule has 1 fully saturated rings. The molecule has 172 valence electrons. The van der Waals surface area contributed by atoms with Crippen LogP contribution in [0.2, 0.25) is 0 Å². The Morgan fingerprint density at radius 2 is 1.94 bits per heavy atom. The second-order valence-electron chi connectivity index (χ2n) is 7.80. The number of fused-ring (bicyclic) bond motifs is 1. The Kier molecular flexibility index (Phi) is 5.89. The van der Waals surface area contributed by atoms with Gasteiger partial charge in [0.25, 0.3) is 0 Å². The van der Waals surface area contributed by atoms with Crippen LogP contribution in [0, 0.1) is 18.6 Å². The van der Waals surface area contributed by atoms with E-state index >= 15 is 4.39 Å². The van der Waals surface area contributed by atoms with E-state index in [1.54, 1.807) is 25.3 Å². The van der Waals surface area contributed by atoms with Gasteiger partial charge in [0.2, 0.25) is 5.75 Å². The number of hydrogen-bond acceptors (Lipinski definition) is 8. The first kappa shape index (κ1) is 22.0. The molecule has 4 aromatic rings. The molecule has 0 saturated carbocycles. The maximum absolute atomic E-state index is 15.1. The Hall–Kier alpha value is -2.83. The van der Waals surface area contributed by atoms with Crippen LogP contribution in [0.1, 0.15) is 5.69 Å². The fourth-order valence-corrected chi connectivity index (χ4v) is 4.77. The SMILES string of the molecule is Cc1cc2c(F)c(Oc3nc(Nc4ncc(Br)s4)cc(N4CCN(C)CC4)n3)c(F)cc2[nH]1. The van der Waals surface area contributed by atoms with Crippen molar-refractivity contribution in [2.45, 2.75) is 6.92 Å². The topological polar surface area (TPSA) is 82.2 Å². The molecule has 33 heavy (non-hydrogen) atoms. The molecule has 1 aliphatic heterocycles. The molecule has 0 atom stereocenters. The van der Waals surface area contributed by atoms with Crippen molar-refractivity contribution < 1.29 is 13.5 Å². The zero-order valence-electron chi connectivity index (χ0n) is 17.8. The van der Waals surface area contributed by atoms with Crippen LogP contribution in [0.15, 0.2) is 28.2 Å². The number of ether oxygens (including phenoxy) is 1. The predicted octanol–water partition coefficient (Wildman–Crippen LogP) is 5.05. The summed E-state index contributed by atoms with van der Waals surface area (Å²) in [5.74, 6) is -1.17. The maximum atomic E-state index is 15.1. The second kappa shape index (κ2) is 8.84. The molecule has 1 aliphatic rings. The van der Waals surface area contributed by atoms with Crippen molar-refractivity contribution in [2.24, 2.45) is 0 Å². The molecule has 8 nitrogen and oxygen atoms in total. The van der Waals surface area contributed by atoms with E-state index in [1.165, 1.54) is 17.4 Å². The molecular formula is C21H20BrF2N7OS. The molecule has 0 unspecified atom stereocenters. The Labute approximate surface area is 200 Å². The molecule has 3 aromatic heterocycles. The summed E-state index contributed by atoms with van der Waals surface area (Å²) in [5, 5.41) is 3.97. The summed E-state index contributed by atoms with van der Waals surface area (Å²) in [6.07, 6.45) is 1.67. The second-order valence-corrected chi connectivity index (χ2v) is 10.2. The Morgan fingerprint density at radius 3 is 2.67 bits per heavy atom. The van der Waals surface area contributed by atoms with Gasteiger partial charge >= 0.3 is 6.01 Å². The van der Waals surface area contributed by atoms with Crippen LogP contribution in [0.25, 0.3) is 10.9 Å². The summed E-state index contributed by atoms with van der Waals surface area (Å²) in [6, 6.07) is 4.43. The van der Waals surface area contributed by atoms with E-state index in [4.69, 9.17) is 4.74 Å². The van der Waals surface area contributed by atoms with E-state index in [0.29, 0.717) is 22.3 Å². The minimum absolute atomic E-state index is 0.158. The van der Waals surface area contributed by atoms with Crippen molar-refractivity contribution in [3.05, 3.63) is 45.5 Å². The summed E-state index contributed by atoms with van der Waals surface area (Å²) in [7, 11) is 2.06. The van der Waals surface area contributed by atoms with E-state index in [2.05, 4.69) is 58.0 Å². The highest BCUT2D eigenvalue weighted by molar-refractivity contribution is 9.11. The molecule has 1 saturated heterocycles. The van der Waals surface area contributed by atoms with Gasteiger partial charge in [0.05, 0.1) is 15.5 Å². The Bertz CT molecular complexity index is 1320. The largest absolute Gasteiger partial charge is 0.418 e. The van der Waals surface area contributed by atoms with E-state index in [-0.39, 0.29) is 11.4 Å². The Balaban J connectivity index is 1.52. The first-order chi connectivity index (χ1) is 15.9. The fourth-order valence-electron chi connectivity index (χ4n) is 3.65. The molecule has 0 aliphatic carbocycles. The molecule has 0 spiro atoms. The van der Waals surface area contributed by atoms with Gasteiger partial charge < -0.3 is 24.8 Å². The van der Waals surface area contributed by atoms with Crippen LogP contribution in [0.4, 0.5) is 25.5 Å². The summed E-state index contributed by atoms with van der Waals surface area (Å²) < 4.78 is 36.3. The van der Waals surface area contributed by atoms with Gasteiger partial charge in [-0.2, -0.15) is 9.97 Å². The number of hydrogen-bond donors (Lipinski definition) is 2. The van der Waals surface area contributed by atoms with Crippen molar-refractivity contribution in [2.75, 3.05) is 43.4 Å². The molecule has 5 rings (SSSR count). The van der Waals surface area contributed by atoms with Crippen LogP contribution >= 0.6 is 27.3 Å². The van der Waals surface area contributed by atoms with Gasteiger partial charge in [0.15, 0.2) is 16.8 Å². The van der Waals surface area contributed by atoms with Crippen molar-refractivity contribution in [1.29, 1.82) is 0 Å². The monoisotopic (exact) mass is 535 g/mol. The highest BCUT2D eigenvalue weighted by Gasteiger charge is 2.22. The first-order valence-corrected chi connectivity index (χ1v) is 11.8. The van der Waals surface area contributed by atoms with Gasteiger partial charge in [0, 0.05) is 49.4 Å². The number of piperazine rings is 1. The molecule has 0 radical (unpaired) electrons. The van der Waals surface area contributed by atoms with Gasteiger partial charge in [-0.1, -0.05) is 11.3 Å². The van der Waals surface area contributed by atoms with E-state index in [0.717, 1.165) is 35.7 Å². The third-order valence-electron chi connectivity index (χ3n) is 5.33. The van der Waals surface area contributed by atoms with E-state index in [1.807, 2.05) is 0 Å². The molecule has 2 N–H and O–H groups in total. The summed E-state index contributed by atoms with van der Waals surface area (Å²) in [6.45, 7) is 5.03. The molecule has 12 heteroatoms. The van der Waals surface area contributed by atoms with Crippen molar-refractivity contribution >= 4 is 54.9 Å². The number of benzene rings is 1. The van der Waals surface area contributed by atoms with Crippen molar-refractivity contribution in [3.63, 3.8) is 0 Å². The van der Waals surface area contributed by atoms with Gasteiger partial charge in [-0.25, -0.2) is 13.8 Å². The smallest absolute Gasteiger partial charge is 0.326 e. The lowest BCUT2D eigenvalue weighted by Gasteiger charge is -2.33. The normalized spacial score (nSPS) is 14.8. The van der Waals surface area contributed by atoms with E-state index in [9.17, 15) is 4.39 Å². The number of aromatic amines is 1. The number of nitrogens with zero attached hydrogens (tertiary/aromatic N) is 5. The third-order valence-corrected chi connectivity index (χ3v) is 6.72. The minimum Gasteiger partial charge on any atom is -0.418 e. The lowest BCUT2D eigenvalue weighted by molar-refractivity contribution is 0.311. The summed E-state index contributed by atoms with van der Waals surface area (Å²) in [4.78, 5) is 20.3. The number of anilines is 3. The Morgan fingerprint density at radius 1 is 1.15 bits per heavy atom. The average Bonchev–Trinajstić information content (AvgIpc) is 3.36. The number of aryl methyl sites for hydroxylation is 1. The first-order valence-electron chi connectivity index (χ1n) is 10.2. The molecule has 1 aromatic carbocycles. The molecular weight excluding hydrogens is 516 g/mol. The zero-order valence-corrected chi connectivity index (χ0v) is 20.2. The number of rotatable bonds is 5. The number of aromatic nitrogens is 4. The van der Waals surface area contributed by atoms with Crippen LogP contribution in [0.5, 0.6) is 11.8 Å². The zero-order chi connectivity index (χ0) is 23.1. The number of thiazole rings is 1. The predicted molar refractivity (Wildman–Crippen MR) is 128 cm³/mol. The highest BCUT2D eigenvalue weighted by Crippen LogP contribution is 2.34. The molecule has 4 heterocycles. The van der Waals surface area contributed by atoms with Gasteiger partial charge in [-0.15, -0.1) is 0 Å². The lowest BCUT2D eigenvalue weighted by Crippen LogP contribution is -2.44. The number of likely N-dealkylation sites (N-methyl/N-ethyl adjacent to an activating group) is 1. The van der Waals surface area contributed by atoms with Crippen LogP contribution < -0.4 is 15.0 Å². The summed E-state index contributed by atoms with van der Waals surface area (Å²) >= 11 is 4.78.